The summed E-state index contributed by atoms with van der Waals surface area (Å²) in [5, 5.41) is 23.4. The number of rotatable bonds is 6. The van der Waals surface area contributed by atoms with E-state index in [0.29, 0.717) is 22.7 Å². The van der Waals surface area contributed by atoms with E-state index in [-0.39, 0.29) is 16.4 Å². The summed E-state index contributed by atoms with van der Waals surface area (Å²) in [5.74, 6) is -0.609. The zero-order valence-corrected chi connectivity index (χ0v) is 17.7. The molecule has 0 saturated heterocycles. The number of pyridine rings is 1. The number of nitrogens with one attached hydrogen (secondary N) is 1. The van der Waals surface area contributed by atoms with Crippen LogP contribution in [0.25, 0.3) is 16.9 Å². The number of ether oxygens (including phenoxy) is 1. The van der Waals surface area contributed by atoms with Crippen molar-refractivity contribution in [3.8, 4) is 11.3 Å². The lowest BCUT2D eigenvalue weighted by molar-refractivity contribution is -0.384. The van der Waals surface area contributed by atoms with Crippen LogP contribution in [0, 0.1) is 17.0 Å². The van der Waals surface area contributed by atoms with Crippen molar-refractivity contribution in [2.75, 3.05) is 5.32 Å². The molecule has 0 saturated carbocycles. The minimum Gasteiger partial charge on any atom is -0.449 e. The first-order valence-corrected chi connectivity index (χ1v) is 10.2. The second-order valence-corrected chi connectivity index (χ2v) is 7.63. The fourth-order valence-corrected chi connectivity index (χ4v) is 3.58. The van der Waals surface area contributed by atoms with Gasteiger partial charge in [-0.2, -0.15) is 0 Å². The van der Waals surface area contributed by atoms with Gasteiger partial charge in [0.25, 0.3) is 11.6 Å². The van der Waals surface area contributed by atoms with E-state index in [4.69, 9.17) is 4.74 Å². The van der Waals surface area contributed by atoms with Crippen molar-refractivity contribution >= 4 is 39.7 Å². The summed E-state index contributed by atoms with van der Waals surface area (Å²) in [6.45, 7) is 3.20. The summed E-state index contributed by atoms with van der Waals surface area (Å²) in [5.41, 5.74) is 1.82. The van der Waals surface area contributed by atoms with E-state index in [0.717, 1.165) is 11.3 Å². The molecule has 0 bridgehead atoms. The first kappa shape index (κ1) is 21.1. The zero-order chi connectivity index (χ0) is 22.8. The molecule has 0 aliphatic rings. The third-order valence-corrected chi connectivity index (χ3v) is 5.31. The fraction of sp³-hybridized carbons (Fsp3) is 0.150. The third-order valence-electron chi connectivity index (χ3n) is 4.55. The molecule has 0 aliphatic heterocycles. The minimum absolute atomic E-state index is 0.0542. The Balaban J connectivity index is 1.41. The molecule has 12 heteroatoms. The number of carbonyl (C=O) groups is 2. The predicted molar refractivity (Wildman–Crippen MR) is 115 cm³/mol. The van der Waals surface area contributed by atoms with Gasteiger partial charge >= 0.3 is 5.97 Å². The second kappa shape index (κ2) is 8.51. The largest absolute Gasteiger partial charge is 0.449 e. The molecule has 1 atom stereocenters. The van der Waals surface area contributed by atoms with Crippen LogP contribution in [0.2, 0.25) is 0 Å². The molecule has 11 nitrogen and oxygen atoms in total. The fourth-order valence-electron chi connectivity index (χ4n) is 2.86. The highest BCUT2D eigenvalue weighted by atomic mass is 32.1. The van der Waals surface area contributed by atoms with Gasteiger partial charge in [-0.1, -0.05) is 12.1 Å². The quantitative estimate of drug-likeness (QED) is 0.267. The Labute approximate surface area is 184 Å². The van der Waals surface area contributed by atoms with E-state index >= 15 is 0 Å². The lowest BCUT2D eigenvalue weighted by Crippen LogP contribution is -2.30. The molecule has 1 aromatic carbocycles. The lowest BCUT2D eigenvalue weighted by atomic mass is 10.1. The molecule has 3 heterocycles. The first-order valence-electron chi connectivity index (χ1n) is 9.35. The highest BCUT2D eigenvalue weighted by Gasteiger charge is 2.21. The topological polar surface area (TPSA) is 142 Å². The number of aromatic nitrogens is 4. The smallest absolute Gasteiger partial charge is 0.340 e. The number of carbonyl (C=O) groups excluding carboxylic acids is 2. The number of anilines is 1. The molecule has 0 radical (unpaired) electrons. The molecule has 4 rings (SSSR count). The van der Waals surface area contributed by atoms with Crippen molar-refractivity contribution in [1.82, 2.24) is 19.6 Å². The van der Waals surface area contributed by atoms with E-state index in [1.54, 1.807) is 47.2 Å². The highest BCUT2D eigenvalue weighted by Crippen LogP contribution is 2.27. The average Bonchev–Trinajstić information content (AvgIpc) is 3.40. The molecule has 1 amide bonds. The Kier molecular flexibility index (Phi) is 5.60. The van der Waals surface area contributed by atoms with Crippen LogP contribution in [-0.2, 0) is 9.53 Å². The molecule has 0 aliphatic carbocycles. The number of nitrogens with zero attached hydrogens (tertiary/aromatic N) is 5. The van der Waals surface area contributed by atoms with Crippen molar-refractivity contribution in [3.05, 3.63) is 69.5 Å². The summed E-state index contributed by atoms with van der Waals surface area (Å²) >= 11 is 1.15. The maximum Gasteiger partial charge on any atom is 0.340 e. The summed E-state index contributed by atoms with van der Waals surface area (Å²) in [6.07, 6.45) is 0.467. The van der Waals surface area contributed by atoms with Gasteiger partial charge in [-0.25, -0.2) is 9.78 Å². The number of thiazole rings is 1. The number of hydrogen-bond acceptors (Lipinski definition) is 9. The summed E-state index contributed by atoms with van der Waals surface area (Å²) in [4.78, 5) is 39.6. The number of hydrogen-bond donors (Lipinski definition) is 1. The molecule has 4 aromatic rings. The third kappa shape index (κ3) is 4.30. The summed E-state index contributed by atoms with van der Waals surface area (Å²) in [6, 6.07) is 9.21. The van der Waals surface area contributed by atoms with Crippen molar-refractivity contribution in [2.45, 2.75) is 20.0 Å². The van der Waals surface area contributed by atoms with Crippen LogP contribution < -0.4 is 5.32 Å². The van der Waals surface area contributed by atoms with Gasteiger partial charge in [0.1, 0.15) is 5.82 Å². The van der Waals surface area contributed by atoms with Crippen molar-refractivity contribution in [1.29, 1.82) is 0 Å². The Morgan fingerprint density at radius 2 is 2.06 bits per heavy atom. The zero-order valence-electron chi connectivity index (χ0n) is 16.9. The second-order valence-electron chi connectivity index (χ2n) is 6.78. The van der Waals surface area contributed by atoms with Crippen molar-refractivity contribution < 1.29 is 19.2 Å². The van der Waals surface area contributed by atoms with Crippen LogP contribution in [0.3, 0.4) is 0 Å². The van der Waals surface area contributed by atoms with E-state index in [1.807, 2.05) is 0 Å². The van der Waals surface area contributed by atoms with Gasteiger partial charge < -0.3 is 4.74 Å². The molecular formula is C20H16N6O5S. The normalized spacial score (nSPS) is 11.8. The molecule has 0 fully saturated rings. The summed E-state index contributed by atoms with van der Waals surface area (Å²) < 4.78 is 6.91. The van der Waals surface area contributed by atoms with Crippen LogP contribution in [0.5, 0.6) is 0 Å². The van der Waals surface area contributed by atoms with Crippen LogP contribution >= 0.6 is 11.3 Å². The van der Waals surface area contributed by atoms with Crippen LogP contribution in [0.1, 0.15) is 23.1 Å². The SMILES string of the molecule is Cc1nnc2ccc(C(=O)OC(C)C(=O)Nc3nc(-c4cccc([N+](=O)[O-])c4)cs3)cn12. The highest BCUT2D eigenvalue weighted by molar-refractivity contribution is 7.14. The van der Waals surface area contributed by atoms with Gasteiger partial charge in [-0.3, -0.25) is 24.6 Å². The van der Waals surface area contributed by atoms with Crippen LogP contribution in [0.4, 0.5) is 10.8 Å². The average molecular weight is 452 g/mol. The molecule has 0 spiro atoms. The summed E-state index contributed by atoms with van der Waals surface area (Å²) in [7, 11) is 0. The van der Waals surface area contributed by atoms with Gasteiger partial charge in [0.05, 0.1) is 16.2 Å². The van der Waals surface area contributed by atoms with Gasteiger partial charge in [0.2, 0.25) is 0 Å². The number of benzene rings is 1. The monoisotopic (exact) mass is 452 g/mol. The maximum atomic E-state index is 12.5. The van der Waals surface area contributed by atoms with Crippen LogP contribution in [-0.4, -0.2) is 42.5 Å². The van der Waals surface area contributed by atoms with E-state index in [9.17, 15) is 19.7 Å². The minimum atomic E-state index is -1.08. The Bertz CT molecular complexity index is 1350. The standard InChI is InChI=1S/C20H16N6O5S/c1-11(31-19(28)14-6-7-17-24-23-12(2)25(17)9-14)18(27)22-20-21-16(10-32-20)13-4-3-5-15(8-13)26(29)30/h3-11H,1-2H3,(H,21,22,27). The number of esters is 1. The number of fused-ring (bicyclic) bond motifs is 1. The molecule has 162 valence electrons. The number of nitro groups is 1. The van der Waals surface area contributed by atoms with E-state index < -0.39 is 22.9 Å². The molecule has 3 aromatic heterocycles. The Morgan fingerprint density at radius 1 is 1.25 bits per heavy atom. The van der Waals surface area contributed by atoms with Gasteiger partial charge in [0.15, 0.2) is 16.9 Å². The number of amides is 1. The Morgan fingerprint density at radius 3 is 2.84 bits per heavy atom. The molecular weight excluding hydrogens is 436 g/mol. The van der Waals surface area contributed by atoms with Gasteiger partial charge in [-0.15, -0.1) is 21.5 Å². The first-order chi connectivity index (χ1) is 15.3. The van der Waals surface area contributed by atoms with Gasteiger partial charge in [-0.05, 0) is 26.0 Å². The van der Waals surface area contributed by atoms with E-state index in [2.05, 4.69) is 20.5 Å². The molecule has 1 N–H and O–H groups in total. The number of aryl methyl sites for hydroxylation is 1. The number of non-ortho nitro benzene ring substituents is 1. The van der Waals surface area contributed by atoms with Crippen LogP contribution in [0.15, 0.2) is 48.0 Å². The van der Waals surface area contributed by atoms with E-state index in [1.165, 1.54) is 19.1 Å². The maximum absolute atomic E-state index is 12.5. The molecule has 32 heavy (non-hydrogen) atoms. The number of nitro benzene ring substituents is 1. The van der Waals surface area contributed by atoms with Gasteiger partial charge in [0, 0.05) is 29.3 Å². The lowest BCUT2D eigenvalue weighted by Gasteiger charge is -2.12. The predicted octanol–water partition coefficient (Wildman–Crippen LogP) is 3.25. The Hall–Kier alpha value is -4.19. The molecule has 1 unspecified atom stereocenters. The van der Waals surface area contributed by atoms with Crippen molar-refractivity contribution in [2.24, 2.45) is 0 Å². The van der Waals surface area contributed by atoms with Crippen molar-refractivity contribution in [3.63, 3.8) is 0 Å².